The van der Waals surface area contributed by atoms with Gasteiger partial charge in [0, 0.05) is 5.69 Å². The van der Waals surface area contributed by atoms with Crippen LogP contribution in [0.4, 0.5) is 5.69 Å². The van der Waals surface area contributed by atoms with Gasteiger partial charge in [0.2, 0.25) is 0 Å². The summed E-state index contributed by atoms with van der Waals surface area (Å²) < 4.78 is 1.16. The van der Waals surface area contributed by atoms with Gasteiger partial charge in [0.25, 0.3) is 0 Å². The predicted octanol–water partition coefficient (Wildman–Crippen LogP) is 2.19. The van der Waals surface area contributed by atoms with Gasteiger partial charge in [-0.05, 0) is 24.6 Å². The quantitative estimate of drug-likeness (QED) is 0.606. The molecule has 11 heavy (non-hydrogen) atoms. The molecule has 2 aromatic rings. The van der Waals surface area contributed by atoms with E-state index in [0.29, 0.717) is 0 Å². The molecule has 56 valence electrons. The minimum absolute atomic E-state index is 0.849. The van der Waals surface area contributed by atoms with E-state index >= 15 is 0 Å². The highest BCUT2D eigenvalue weighted by Crippen LogP contribution is 2.23. The van der Waals surface area contributed by atoms with Crippen molar-refractivity contribution in [3.05, 3.63) is 23.2 Å². The molecule has 0 saturated heterocycles. The predicted molar refractivity (Wildman–Crippen MR) is 48.8 cm³/mol. The van der Waals surface area contributed by atoms with Crippen LogP contribution in [-0.4, -0.2) is 4.98 Å². The first-order chi connectivity index (χ1) is 5.27. The van der Waals surface area contributed by atoms with E-state index in [9.17, 15) is 0 Å². The first-order valence-electron chi connectivity index (χ1n) is 3.37. The number of nitrogen functional groups attached to an aromatic ring is 1. The molecule has 0 radical (unpaired) electrons. The summed E-state index contributed by atoms with van der Waals surface area (Å²) in [7, 11) is 0. The Bertz CT molecular complexity index is 356. The molecule has 0 atom stereocenters. The highest BCUT2D eigenvalue weighted by atomic mass is 32.1. The lowest BCUT2D eigenvalue weighted by molar-refractivity contribution is 1.45. The summed E-state index contributed by atoms with van der Waals surface area (Å²) in [5.41, 5.74) is 10.6. The maximum absolute atomic E-state index is 5.72. The molecule has 0 aliphatic rings. The van der Waals surface area contributed by atoms with Crippen LogP contribution < -0.4 is 5.73 Å². The minimum atomic E-state index is 0.849. The van der Waals surface area contributed by atoms with Crippen molar-refractivity contribution in [2.75, 3.05) is 5.73 Å². The average molecular weight is 164 g/mol. The lowest BCUT2D eigenvalue weighted by Crippen LogP contribution is -1.87. The van der Waals surface area contributed by atoms with Crippen molar-refractivity contribution in [2.24, 2.45) is 0 Å². The molecule has 0 fully saturated rings. The van der Waals surface area contributed by atoms with Gasteiger partial charge in [-0.3, -0.25) is 0 Å². The Morgan fingerprint density at radius 1 is 1.45 bits per heavy atom. The Morgan fingerprint density at radius 2 is 2.27 bits per heavy atom. The Kier molecular flexibility index (Phi) is 1.32. The summed E-state index contributed by atoms with van der Waals surface area (Å²) >= 11 is 1.62. The molecule has 1 aromatic carbocycles. The summed E-state index contributed by atoms with van der Waals surface area (Å²) in [4.78, 5) is 4.18. The molecule has 0 aliphatic carbocycles. The van der Waals surface area contributed by atoms with Crippen molar-refractivity contribution >= 4 is 27.2 Å². The number of aromatic nitrogens is 1. The Hall–Kier alpha value is -1.09. The van der Waals surface area contributed by atoms with Crippen LogP contribution in [-0.2, 0) is 0 Å². The molecule has 2 N–H and O–H groups in total. The summed E-state index contributed by atoms with van der Waals surface area (Å²) in [5, 5.41) is 0. The van der Waals surface area contributed by atoms with E-state index < -0.39 is 0 Å². The van der Waals surface area contributed by atoms with Gasteiger partial charge in [0.15, 0.2) is 0 Å². The zero-order valence-electron chi connectivity index (χ0n) is 6.16. The second-order valence-electron chi connectivity index (χ2n) is 2.53. The van der Waals surface area contributed by atoms with Crippen LogP contribution in [0, 0.1) is 6.92 Å². The number of hydrogen-bond donors (Lipinski definition) is 1. The monoisotopic (exact) mass is 164 g/mol. The maximum atomic E-state index is 5.72. The van der Waals surface area contributed by atoms with Crippen molar-refractivity contribution in [1.82, 2.24) is 4.98 Å². The first kappa shape index (κ1) is 6.61. The number of fused-ring (bicyclic) bond motifs is 1. The minimum Gasteiger partial charge on any atom is -0.398 e. The van der Waals surface area contributed by atoms with E-state index in [2.05, 4.69) is 4.98 Å². The number of aryl methyl sites for hydroxylation is 1. The molecule has 0 aliphatic heterocycles. The third-order valence-electron chi connectivity index (χ3n) is 1.72. The molecule has 0 unspecified atom stereocenters. The largest absolute Gasteiger partial charge is 0.398 e. The number of rotatable bonds is 0. The van der Waals surface area contributed by atoms with Gasteiger partial charge < -0.3 is 5.73 Å². The Balaban J connectivity index is 2.86. The van der Waals surface area contributed by atoms with Crippen molar-refractivity contribution in [2.45, 2.75) is 6.92 Å². The standard InChI is InChI=1S/C8H8N2S/c1-5-2-7-8(3-6(5)9)11-4-10-7/h2-4H,9H2,1H3. The number of benzene rings is 1. The van der Waals surface area contributed by atoms with Crippen LogP contribution in [0.2, 0.25) is 0 Å². The number of anilines is 1. The number of hydrogen-bond acceptors (Lipinski definition) is 3. The van der Waals surface area contributed by atoms with Crippen LogP contribution in [0.15, 0.2) is 17.6 Å². The topological polar surface area (TPSA) is 38.9 Å². The molecule has 2 nitrogen and oxygen atoms in total. The van der Waals surface area contributed by atoms with Gasteiger partial charge in [-0.1, -0.05) is 0 Å². The van der Waals surface area contributed by atoms with Crippen molar-refractivity contribution in [1.29, 1.82) is 0 Å². The average Bonchev–Trinajstić information content (AvgIpc) is 2.36. The van der Waals surface area contributed by atoms with E-state index in [1.807, 2.05) is 24.6 Å². The number of nitrogens with zero attached hydrogens (tertiary/aromatic N) is 1. The van der Waals surface area contributed by atoms with Crippen molar-refractivity contribution in [3.63, 3.8) is 0 Å². The molecule has 0 bridgehead atoms. The lowest BCUT2D eigenvalue weighted by Gasteiger charge is -1.97. The molecule has 1 aromatic heterocycles. The zero-order valence-corrected chi connectivity index (χ0v) is 6.98. The normalized spacial score (nSPS) is 10.6. The van der Waals surface area contributed by atoms with Crippen LogP contribution in [0.5, 0.6) is 0 Å². The van der Waals surface area contributed by atoms with Crippen molar-refractivity contribution in [3.8, 4) is 0 Å². The summed E-state index contributed by atoms with van der Waals surface area (Å²) in [6.07, 6.45) is 0. The van der Waals surface area contributed by atoms with Gasteiger partial charge in [0.05, 0.1) is 15.7 Å². The van der Waals surface area contributed by atoms with Crippen LogP contribution in [0.1, 0.15) is 5.56 Å². The van der Waals surface area contributed by atoms with Gasteiger partial charge in [-0.25, -0.2) is 4.98 Å². The molecule has 3 heteroatoms. The molecular formula is C8H8N2S. The van der Waals surface area contributed by atoms with E-state index in [-0.39, 0.29) is 0 Å². The van der Waals surface area contributed by atoms with E-state index in [4.69, 9.17) is 5.73 Å². The fraction of sp³-hybridized carbons (Fsp3) is 0.125. The maximum Gasteiger partial charge on any atom is 0.0816 e. The fourth-order valence-electron chi connectivity index (χ4n) is 1.02. The van der Waals surface area contributed by atoms with Crippen LogP contribution in [0.25, 0.3) is 10.2 Å². The summed E-state index contributed by atoms with van der Waals surface area (Å²) in [6, 6.07) is 3.99. The third kappa shape index (κ3) is 0.973. The smallest absolute Gasteiger partial charge is 0.0816 e. The highest BCUT2D eigenvalue weighted by Gasteiger charge is 1.99. The zero-order chi connectivity index (χ0) is 7.84. The molecule has 1 heterocycles. The molecule has 0 amide bonds. The Labute approximate surface area is 68.7 Å². The van der Waals surface area contributed by atoms with Crippen LogP contribution in [0.3, 0.4) is 0 Å². The summed E-state index contributed by atoms with van der Waals surface area (Å²) in [5.74, 6) is 0. The second kappa shape index (κ2) is 2.20. The second-order valence-corrected chi connectivity index (χ2v) is 3.42. The van der Waals surface area contributed by atoms with Crippen molar-refractivity contribution < 1.29 is 0 Å². The van der Waals surface area contributed by atoms with Gasteiger partial charge in [0.1, 0.15) is 0 Å². The van der Waals surface area contributed by atoms with Gasteiger partial charge in [-0.2, -0.15) is 0 Å². The van der Waals surface area contributed by atoms with E-state index in [1.54, 1.807) is 11.3 Å². The molecule has 0 saturated carbocycles. The van der Waals surface area contributed by atoms with Gasteiger partial charge in [-0.15, -0.1) is 11.3 Å². The van der Waals surface area contributed by atoms with Crippen LogP contribution >= 0.6 is 11.3 Å². The third-order valence-corrected chi connectivity index (χ3v) is 2.51. The molecular weight excluding hydrogens is 156 g/mol. The molecule has 0 spiro atoms. The number of nitrogens with two attached hydrogens (primary N) is 1. The number of thiazole rings is 1. The lowest BCUT2D eigenvalue weighted by atomic mass is 10.2. The molecule has 2 rings (SSSR count). The summed E-state index contributed by atoms with van der Waals surface area (Å²) in [6.45, 7) is 1.99. The van der Waals surface area contributed by atoms with E-state index in [0.717, 1.165) is 21.5 Å². The highest BCUT2D eigenvalue weighted by molar-refractivity contribution is 7.16. The fourth-order valence-corrected chi connectivity index (χ4v) is 1.73. The van der Waals surface area contributed by atoms with E-state index in [1.165, 1.54) is 0 Å². The SMILES string of the molecule is Cc1cc2ncsc2cc1N. The Morgan fingerprint density at radius 3 is 3.09 bits per heavy atom. The van der Waals surface area contributed by atoms with Gasteiger partial charge >= 0.3 is 0 Å². The first-order valence-corrected chi connectivity index (χ1v) is 4.24.